The quantitative estimate of drug-likeness (QED) is 0.478. The highest BCUT2D eigenvalue weighted by Crippen LogP contribution is 2.46. The molecule has 1 saturated heterocycles. The number of halogens is 7. The number of carbonyl (C=O) groups excluding carboxylic acids is 1. The molecule has 0 radical (unpaired) electrons. The number of benzene rings is 1. The molecule has 1 aliphatic carbocycles. The summed E-state index contributed by atoms with van der Waals surface area (Å²) in [6.45, 7) is 1.56. The van der Waals surface area contributed by atoms with Crippen molar-refractivity contribution in [1.82, 2.24) is 20.2 Å². The fourth-order valence-electron chi connectivity index (χ4n) is 4.25. The van der Waals surface area contributed by atoms with Crippen LogP contribution in [0.5, 0.6) is 0 Å². The first-order chi connectivity index (χ1) is 16.2. The standard InChI is InChI=1S/C21H24F7N5O2/c1-8(35-9(2)20(23,24)25)15(29)18-30-13-6-11(5-12(22)16(13)32-18)17(10-3-4-10)33-7-14(21(26,27)28)31-19(33)34/h5-6,8-10,14-15,17H,3-4,7,29H2,1-2H3,(H,30,32)(H,31,34)/t8-,9-,14+,15+,17-/m1/s1. The van der Waals surface area contributed by atoms with Gasteiger partial charge in [-0.3, -0.25) is 0 Å². The fourth-order valence-corrected chi connectivity index (χ4v) is 4.25. The van der Waals surface area contributed by atoms with Gasteiger partial charge in [-0.25, -0.2) is 14.2 Å². The van der Waals surface area contributed by atoms with Crippen LogP contribution in [0.2, 0.25) is 0 Å². The van der Waals surface area contributed by atoms with Gasteiger partial charge in [-0.15, -0.1) is 0 Å². The lowest BCUT2D eigenvalue weighted by molar-refractivity contribution is -0.227. The predicted molar refractivity (Wildman–Crippen MR) is 110 cm³/mol. The van der Waals surface area contributed by atoms with Crippen molar-refractivity contribution in [3.8, 4) is 0 Å². The third kappa shape index (κ3) is 5.17. The second-order valence-corrected chi connectivity index (χ2v) is 9.05. The molecule has 14 heteroatoms. The molecule has 2 aliphatic rings. The number of nitrogens with two attached hydrogens (primary N) is 1. The molecule has 5 atom stereocenters. The number of urea groups is 1. The average Bonchev–Trinajstić information content (AvgIpc) is 3.34. The summed E-state index contributed by atoms with van der Waals surface area (Å²) in [5, 5.41) is 1.92. The van der Waals surface area contributed by atoms with Gasteiger partial charge in [0.25, 0.3) is 0 Å². The van der Waals surface area contributed by atoms with Crippen LogP contribution in [0, 0.1) is 11.7 Å². The van der Waals surface area contributed by atoms with Gasteiger partial charge in [-0.05, 0) is 50.3 Å². The molecule has 1 aromatic heterocycles. The molecule has 2 amide bonds. The highest BCUT2D eigenvalue weighted by molar-refractivity contribution is 5.79. The fraction of sp³-hybridized carbons (Fsp3) is 0.619. The van der Waals surface area contributed by atoms with E-state index in [-0.39, 0.29) is 28.3 Å². The van der Waals surface area contributed by atoms with Crippen molar-refractivity contribution in [2.75, 3.05) is 6.54 Å². The minimum atomic E-state index is -4.62. The van der Waals surface area contributed by atoms with E-state index in [1.165, 1.54) is 13.0 Å². The highest BCUT2D eigenvalue weighted by Gasteiger charge is 2.51. The number of H-pyrrole nitrogens is 1. The van der Waals surface area contributed by atoms with Crippen LogP contribution in [0.3, 0.4) is 0 Å². The molecule has 2 heterocycles. The van der Waals surface area contributed by atoms with E-state index in [1.807, 2.05) is 5.32 Å². The summed E-state index contributed by atoms with van der Waals surface area (Å²) in [5.74, 6) is -0.953. The number of hydrogen-bond donors (Lipinski definition) is 3. The first-order valence-corrected chi connectivity index (χ1v) is 11.0. The minimum absolute atomic E-state index is 0.0167. The Morgan fingerprint density at radius 2 is 1.83 bits per heavy atom. The molecule has 0 bridgehead atoms. The van der Waals surface area contributed by atoms with E-state index < -0.39 is 61.1 Å². The molecule has 4 rings (SSSR count). The zero-order valence-electron chi connectivity index (χ0n) is 18.7. The lowest BCUT2D eigenvalue weighted by atomic mass is 9.99. The Bertz CT molecular complexity index is 1100. The molecular weight excluding hydrogens is 487 g/mol. The van der Waals surface area contributed by atoms with Crippen molar-refractivity contribution in [2.24, 2.45) is 11.7 Å². The van der Waals surface area contributed by atoms with Gasteiger partial charge >= 0.3 is 18.4 Å². The number of nitrogens with one attached hydrogen (secondary N) is 2. The molecule has 35 heavy (non-hydrogen) atoms. The molecule has 1 saturated carbocycles. The Morgan fingerprint density at radius 1 is 1.17 bits per heavy atom. The van der Waals surface area contributed by atoms with E-state index in [0.29, 0.717) is 12.8 Å². The monoisotopic (exact) mass is 511 g/mol. The summed E-state index contributed by atoms with van der Waals surface area (Å²) in [5.41, 5.74) is 6.30. The lowest BCUT2D eigenvalue weighted by Gasteiger charge is -2.27. The Kier molecular flexibility index (Phi) is 6.41. The number of aromatic nitrogens is 2. The number of fused-ring (bicyclic) bond motifs is 1. The third-order valence-electron chi connectivity index (χ3n) is 6.36. The van der Waals surface area contributed by atoms with Gasteiger partial charge in [0.05, 0.1) is 30.2 Å². The Balaban J connectivity index is 1.61. The number of rotatable bonds is 7. The Hall–Kier alpha value is -2.61. The summed E-state index contributed by atoms with van der Waals surface area (Å²) in [4.78, 5) is 20.3. The first-order valence-electron chi connectivity index (χ1n) is 11.0. The SMILES string of the molecule is C[C@@H](O[C@H](C)C(F)(F)F)[C@H](N)c1nc2c(F)cc([C@@H](C3CC3)N3C[C@@H](C(F)(F)F)NC3=O)cc2[nH]1. The maximum absolute atomic E-state index is 15.0. The lowest BCUT2D eigenvalue weighted by Crippen LogP contribution is -2.40. The van der Waals surface area contributed by atoms with E-state index in [0.717, 1.165) is 17.9 Å². The summed E-state index contributed by atoms with van der Waals surface area (Å²) >= 11 is 0. The van der Waals surface area contributed by atoms with Gasteiger partial charge in [-0.1, -0.05) is 0 Å². The van der Waals surface area contributed by atoms with Crippen molar-refractivity contribution >= 4 is 17.1 Å². The molecule has 1 aliphatic heterocycles. The van der Waals surface area contributed by atoms with Crippen LogP contribution < -0.4 is 11.1 Å². The largest absolute Gasteiger partial charge is 0.414 e. The van der Waals surface area contributed by atoms with Crippen molar-refractivity contribution in [2.45, 2.75) is 69.4 Å². The van der Waals surface area contributed by atoms with E-state index in [1.54, 1.807) is 0 Å². The molecular formula is C21H24F7N5O2. The van der Waals surface area contributed by atoms with Crippen LogP contribution in [0.15, 0.2) is 12.1 Å². The summed E-state index contributed by atoms with van der Waals surface area (Å²) in [6.07, 6.45) is -11.1. The number of amides is 2. The highest BCUT2D eigenvalue weighted by atomic mass is 19.4. The maximum Gasteiger partial charge on any atom is 0.414 e. The van der Waals surface area contributed by atoms with E-state index in [9.17, 15) is 35.5 Å². The molecule has 7 nitrogen and oxygen atoms in total. The number of aromatic amines is 1. The molecule has 0 unspecified atom stereocenters. The molecule has 2 aromatic rings. The summed E-state index contributed by atoms with van der Waals surface area (Å²) < 4.78 is 97.8. The number of nitrogens with zero attached hydrogens (tertiary/aromatic N) is 2. The van der Waals surface area contributed by atoms with Crippen LogP contribution >= 0.6 is 0 Å². The van der Waals surface area contributed by atoms with Crippen LogP contribution in [0.4, 0.5) is 35.5 Å². The van der Waals surface area contributed by atoms with Gasteiger partial charge in [0, 0.05) is 0 Å². The third-order valence-corrected chi connectivity index (χ3v) is 6.36. The maximum atomic E-state index is 15.0. The average molecular weight is 511 g/mol. The molecule has 0 spiro atoms. The summed E-state index contributed by atoms with van der Waals surface area (Å²) in [6, 6.07) is -2.25. The van der Waals surface area contributed by atoms with Gasteiger partial charge < -0.3 is 25.7 Å². The van der Waals surface area contributed by atoms with Gasteiger partial charge in [0.2, 0.25) is 0 Å². The number of imidazole rings is 1. The Labute approximate surface area is 195 Å². The van der Waals surface area contributed by atoms with Crippen LogP contribution in [-0.2, 0) is 4.74 Å². The van der Waals surface area contributed by atoms with E-state index >= 15 is 0 Å². The zero-order chi connectivity index (χ0) is 25.9. The molecule has 1 aromatic carbocycles. The molecule has 194 valence electrons. The van der Waals surface area contributed by atoms with Crippen LogP contribution in [-0.4, -0.2) is 58.0 Å². The second-order valence-electron chi connectivity index (χ2n) is 9.05. The van der Waals surface area contributed by atoms with E-state index in [2.05, 4.69) is 9.97 Å². The van der Waals surface area contributed by atoms with Gasteiger partial charge in [0.15, 0.2) is 11.9 Å². The number of carbonyl (C=O) groups is 1. The van der Waals surface area contributed by atoms with E-state index in [4.69, 9.17) is 10.5 Å². The molecule has 2 fully saturated rings. The summed E-state index contributed by atoms with van der Waals surface area (Å²) in [7, 11) is 0. The van der Waals surface area contributed by atoms with Crippen molar-refractivity contribution < 1.29 is 40.3 Å². The number of alkyl halides is 6. The normalized spacial score (nSPS) is 22.9. The predicted octanol–water partition coefficient (Wildman–Crippen LogP) is 4.46. The van der Waals surface area contributed by atoms with Gasteiger partial charge in [0.1, 0.15) is 17.4 Å². The number of ether oxygens (including phenoxy) is 1. The van der Waals surface area contributed by atoms with Crippen LogP contribution in [0.25, 0.3) is 11.0 Å². The minimum Gasteiger partial charge on any atom is -0.364 e. The molecule has 4 N–H and O–H groups in total. The van der Waals surface area contributed by atoms with Crippen molar-refractivity contribution in [3.05, 3.63) is 29.3 Å². The number of hydrogen-bond acceptors (Lipinski definition) is 4. The van der Waals surface area contributed by atoms with Crippen molar-refractivity contribution in [3.63, 3.8) is 0 Å². The topological polar surface area (TPSA) is 96.3 Å². The van der Waals surface area contributed by atoms with Crippen molar-refractivity contribution in [1.29, 1.82) is 0 Å². The van der Waals surface area contributed by atoms with Gasteiger partial charge in [-0.2, -0.15) is 26.3 Å². The second kappa shape index (κ2) is 8.80. The zero-order valence-corrected chi connectivity index (χ0v) is 18.7. The first kappa shape index (κ1) is 25.5. The smallest absolute Gasteiger partial charge is 0.364 e. The Morgan fingerprint density at radius 3 is 2.37 bits per heavy atom. The van der Waals surface area contributed by atoms with Crippen LogP contribution in [0.1, 0.15) is 50.2 Å².